The second kappa shape index (κ2) is 8.22. The van der Waals surface area contributed by atoms with Gasteiger partial charge in [-0.3, -0.25) is 9.69 Å². The Labute approximate surface area is 227 Å². The molecule has 39 heavy (non-hydrogen) atoms. The third-order valence-electron chi connectivity index (χ3n) is 10.3. The summed E-state index contributed by atoms with van der Waals surface area (Å²) in [6, 6.07) is 9.53. The second-order valence-corrected chi connectivity index (χ2v) is 12.5. The lowest BCUT2D eigenvalue weighted by atomic mass is 9.49. The molecule has 2 aliphatic heterocycles. The van der Waals surface area contributed by atoms with Crippen LogP contribution in [0.1, 0.15) is 71.0 Å². The number of nitrogens with zero attached hydrogens (tertiary/aromatic N) is 1. The number of aromatic hydroxyl groups is 1. The van der Waals surface area contributed by atoms with Crippen molar-refractivity contribution in [3.8, 4) is 11.5 Å². The van der Waals surface area contributed by atoms with Gasteiger partial charge in [-0.15, -0.1) is 0 Å². The predicted molar refractivity (Wildman–Crippen MR) is 147 cm³/mol. The highest BCUT2D eigenvalue weighted by molar-refractivity contribution is 5.99. The highest BCUT2D eigenvalue weighted by Gasteiger charge is 2.72. The largest absolute Gasteiger partial charge is 0.504 e. The standard InChI is InChI=1S/C31H36N4O4/c32-10-1-2-11-33-29(37)19-5-7-22-20(13-19)21-15-31(38)24-14-18-6-8-23(36)27-25(18)30(31,28(39-27)26(21)34-22)9-12-35(24)16-17-3-4-17/h5-8,13,17,24,28,34,36,38H,1-4,9-12,14-16,32H2,(H,33,37)/t24-,28+,30+,31-/m1/s1. The van der Waals surface area contributed by atoms with E-state index < -0.39 is 17.1 Å². The van der Waals surface area contributed by atoms with Crippen molar-refractivity contribution < 1.29 is 19.7 Å². The van der Waals surface area contributed by atoms with Gasteiger partial charge < -0.3 is 31.0 Å². The summed E-state index contributed by atoms with van der Waals surface area (Å²) in [5, 5.41) is 27.8. The van der Waals surface area contributed by atoms with E-state index in [0.29, 0.717) is 30.8 Å². The van der Waals surface area contributed by atoms with Crippen molar-refractivity contribution in [3.63, 3.8) is 0 Å². The average molecular weight is 529 g/mol. The first kappa shape index (κ1) is 23.8. The van der Waals surface area contributed by atoms with Gasteiger partial charge in [0.25, 0.3) is 5.91 Å². The number of fused-ring (bicyclic) bond motifs is 4. The lowest BCUT2D eigenvalue weighted by molar-refractivity contribution is -0.173. The van der Waals surface area contributed by atoms with Crippen LogP contribution in [0.25, 0.3) is 10.9 Å². The average Bonchev–Trinajstić information content (AvgIpc) is 3.57. The Balaban J connectivity index is 1.25. The molecule has 1 saturated carbocycles. The van der Waals surface area contributed by atoms with E-state index >= 15 is 0 Å². The van der Waals surface area contributed by atoms with E-state index in [9.17, 15) is 15.0 Å². The molecule has 204 valence electrons. The monoisotopic (exact) mass is 528 g/mol. The molecule has 6 N–H and O–H groups in total. The molecule has 3 aromatic rings. The van der Waals surface area contributed by atoms with Gasteiger partial charge in [-0.1, -0.05) is 6.07 Å². The van der Waals surface area contributed by atoms with Gasteiger partial charge >= 0.3 is 0 Å². The number of aromatic nitrogens is 1. The molecule has 3 heterocycles. The molecule has 1 aromatic heterocycles. The number of hydrogen-bond donors (Lipinski definition) is 5. The van der Waals surface area contributed by atoms with Crippen molar-refractivity contribution in [1.82, 2.24) is 15.2 Å². The number of H-pyrrole nitrogens is 1. The van der Waals surface area contributed by atoms with Crippen LogP contribution in [0.5, 0.6) is 11.5 Å². The third kappa shape index (κ3) is 3.13. The number of carbonyl (C=O) groups excluding carboxylic acids is 1. The summed E-state index contributed by atoms with van der Waals surface area (Å²) in [6.07, 6.45) is 5.89. The van der Waals surface area contributed by atoms with Crippen molar-refractivity contribution >= 4 is 16.8 Å². The zero-order valence-electron chi connectivity index (χ0n) is 22.1. The number of unbranched alkanes of at least 4 members (excludes halogenated alkanes) is 1. The van der Waals surface area contributed by atoms with E-state index in [0.717, 1.165) is 72.4 Å². The lowest BCUT2D eigenvalue weighted by Gasteiger charge is -2.62. The number of amides is 1. The minimum absolute atomic E-state index is 0.0203. The minimum Gasteiger partial charge on any atom is -0.504 e. The molecule has 1 saturated heterocycles. The Morgan fingerprint density at radius 3 is 2.92 bits per heavy atom. The first-order valence-corrected chi connectivity index (χ1v) is 14.6. The number of carbonyl (C=O) groups is 1. The van der Waals surface area contributed by atoms with E-state index in [2.05, 4.69) is 15.2 Å². The molecular weight excluding hydrogens is 492 g/mol. The number of hydrogen-bond acceptors (Lipinski definition) is 6. The summed E-state index contributed by atoms with van der Waals surface area (Å²) in [4.78, 5) is 19.1. The van der Waals surface area contributed by atoms with Crippen LogP contribution in [0, 0.1) is 5.92 Å². The first-order valence-electron chi connectivity index (χ1n) is 14.6. The SMILES string of the molecule is NCCCCNC(=O)c1ccc2[nH]c3c(c2c1)C[C@@]1(O)[C@H]2Cc4ccc(O)c5c4[C@@]1(CCN2CC1CC1)[C@H]3O5. The summed E-state index contributed by atoms with van der Waals surface area (Å²) in [5.41, 5.74) is 9.67. The van der Waals surface area contributed by atoms with E-state index in [1.54, 1.807) is 6.07 Å². The quantitative estimate of drug-likeness (QED) is 0.301. The molecule has 8 nitrogen and oxygen atoms in total. The van der Waals surface area contributed by atoms with Crippen LogP contribution < -0.4 is 15.8 Å². The number of aliphatic hydroxyl groups is 1. The Kier molecular flexibility index (Phi) is 5.02. The lowest BCUT2D eigenvalue weighted by Crippen LogP contribution is -2.74. The van der Waals surface area contributed by atoms with Crippen LogP contribution in [0.3, 0.4) is 0 Å². The minimum atomic E-state index is -1.04. The number of piperidine rings is 1. The van der Waals surface area contributed by atoms with Crippen molar-refractivity contribution in [3.05, 3.63) is 58.3 Å². The highest BCUT2D eigenvalue weighted by atomic mass is 16.5. The molecule has 2 aromatic carbocycles. The van der Waals surface area contributed by atoms with Crippen LogP contribution >= 0.6 is 0 Å². The van der Waals surface area contributed by atoms with Gasteiger partial charge in [0.2, 0.25) is 0 Å². The summed E-state index contributed by atoms with van der Waals surface area (Å²) < 4.78 is 6.66. The number of nitrogens with two attached hydrogens (primary N) is 1. The first-order chi connectivity index (χ1) is 18.9. The van der Waals surface area contributed by atoms with Gasteiger partial charge in [0.05, 0.1) is 16.7 Å². The van der Waals surface area contributed by atoms with Crippen LogP contribution in [0.2, 0.25) is 0 Å². The van der Waals surface area contributed by atoms with Gasteiger partial charge in [0.1, 0.15) is 0 Å². The highest BCUT2D eigenvalue weighted by Crippen LogP contribution is 2.69. The third-order valence-corrected chi connectivity index (χ3v) is 10.3. The maximum atomic E-state index is 13.0. The van der Waals surface area contributed by atoms with E-state index in [1.165, 1.54) is 18.4 Å². The van der Waals surface area contributed by atoms with Gasteiger partial charge in [0.15, 0.2) is 17.6 Å². The molecule has 2 bridgehead atoms. The van der Waals surface area contributed by atoms with E-state index in [-0.39, 0.29) is 17.7 Å². The summed E-state index contributed by atoms with van der Waals surface area (Å²) in [5.74, 6) is 1.31. The van der Waals surface area contributed by atoms with Gasteiger partial charge in [-0.05, 0) is 92.9 Å². The zero-order valence-corrected chi connectivity index (χ0v) is 22.1. The topological polar surface area (TPSA) is 124 Å². The van der Waals surface area contributed by atoms with Crippen molar-refractivity contribution in [2.24, 2.45) is 11.7 Å². The van der Waals surface area contributed by atoms with Crippen LogP contribution in [0.4, 0.5) is 0 Å². The summed E-state index contributed by atoms with van der Waals surface area (Å²) in [7, 11) is 0. The smallest absolute Gasteiger partial charge is 0.251 e. The Bertz CT molecular complexity index is 1510. The molecule has 1 spiro atoms. The molecule has 0 radical (unpaired) electrons. The Morgan fingerprint density at radius 2 is 2.10 bits per heavy atom. The van der Waals surface area contributed by atoms with Crippen molar-refractivity contribution in [2.45, 2.75) is 68.1 Å². The number of ether oxygens (including phenoxy) is 1. The number of phenols is 1. The number of aromatic amines is 1. The molecule has 4 atom stereocenters. The van der Waals surface area contributed by atoms with Crippen molar-refractivity contribution in [1.29, 1.82) is 0 Å². The van der Waals surface area contributed by atoms with Crippen LogP contribution in [-0.4, -0.2) is 63.8 Å². The fourth-order valence-electron chi connectivity index (χ4n) is 8.34. The molecule has 3 aliphatic carbocycles. The molecule has 5 aliphatic rings. The summed E-state index contributed by atoms with van der Waals surface area (Å²) >= 11 is 0. The maximum absolute atomic E-state index is 13.0. The fraction of sp³-hybridized carbons (Fsp3) is 0.516. The number of likely N-dealkylation sites (tertiary alicyclic amines) is 1. The molecule has 8 heteroatoms. The molecule has 2 fully saturated rings. The molecular formula is C31H36N4O4. The number of phenolic OH excluding ortho intramolecular Hbond substituents is 1. The molecule has 1 amide bonds. The number of nitrogens with one attached hydrogen (secondary N) is 2. The van der Waals surface area contributed by atoms with E-state index in [4.69, 9.17) is 10.5 Å². The fourth-order valence-corrected chi connectivity index (χ4v) is 8.34. The Hall–Kier alpha value is -3.07. The number of benzene rings is 2. The van der Waals surface area contributed by atoms with Gasteiger partial charge in [0, 0.05) is 47.6 Å². The van der Waals surface area contributed by atoms with Gasteiger partial charge in [-0.2, -0.15) is 0 Å². The van der Waals surface area contributed by atoms with Gasteiger partial charge in [-0.25, -0.2) is 0 Å². The Morgan fingerprint density at radius 1 is 1.23 bits per heavy atom. The maximum Gasteiger partial charge on any atom is 0.251 e. The predicted octanol–water partition coefficient (Wildman–Crippen LogP) is 3.04. The van der Waals surface area contributed by atoms with Crippen LogP contribution in [-0.2, 0) is 18.3 Å². The van der Waals surface area contributed by atoms with Crippen molar-refractivity contribution in [2.75, 3.05) is 26.2 Å². The number of rotatable bonds is 7. The normalized spacial score (nSPS) is 30.1. The summed E-state index contributed by atoms with van der Waals surface area (Å²) in [6.45, 7) is 3.17. The molecule has 0 unspecified atom stereocenters. The van der Waals surface area contributed by atoms with Crippen LogP contribution in [0.15, 0.2) is 30.3 Å². The molecule has 8 rings (SSSR count). The zero-order chi connectivity index (χ0) is 26.5. The second-order valence-electron chi connectivity index (χ2n) is 12.5. The van der Waals surface area contributed by atoms with E-state index in [1.807, 2.05) is 24.3 Å².